The Kier molecular flexibility index (Phi) is 5.92. The summed E-state index contributed by atoms with van der Waals surface area (Å²) in [6, 6.07) is 14.4. The van der Waals surface area contributed by atoms with Crippen molar-refractivity contribution in [2.24, 2.45) is 0 Å². The molecule has 0 spiro atoms. The molecule has 9 heteroatoms. The molecule has 3 aromatic rings. The quantitative estimate of drug-likeness (QED) is 0.536. The van der Waals surface area contributed by atoms with Crippen LogP contribution in [0.25, 0.3) is 0 Å². The van der Waals surface area contributed by atoms with Crippen LogP contribution in [-0.4, -0.2) is 20.9 Å². The molecule has 0 aromatic heterocycles. The van der Waals surface area contributed by atoms with Crippen molar-refractivity contribution in [1.29, 1.82) is 0 Å². The highest BCUT2D eigenvalue weighted by atomic mass is 35.5. The van der Waals surface area contributed by atoms with E-state index >= 15 is 0 Å². The molecule has 1 aliphatic heterocycles. The number of benzene rings is 3. The molecule has 1 N–H and O–H groups in total. The molecule has 1 amide bonds. The molecule has 4 rings (SSSR count). The average molecular weight is 479 g/mol. The summed E-state index contributed by atoms with van der Waals surface area (Å²) in [4.78, 5) is 14.6. The van der Waals surface area contributed by atoms with Crippen LogP contribution in [0.4, 0.5) is 15.8 Å². The first-order valence-electron chi connectivity index (χ1n) is 9.42. The monoisotopic (exact) mass is 478 g/mol. The largest absolute Gasteiger partial charge is 0.308 e. The number of hydrogen-bond acceptors (Lipinski definition) is 3. The van der Waals surface area contributed by atoms with E-state index in [1.54, 1.807) is 17.0 Å². The number of carbonyl (C=O) groups is 1. The number of anilines is 2. The van der Waals surface area contributed by atoms with Gasteiger partial charge in [-0.3, -0.25) is 9.52 Å². The van der Waals surface area contributed by atoms with Crippen LogP contribution in [-0.2, 0) is 16.4 Å². The fraction of sp³-hybridized carbons (Fsp3) is 0.136. The molecule has 0 bridgehead atoms. The van der Waals surface area contributed by atoms with Gasteiger partial charge in [0, 0.05) is 27.8 Å². The maximum Gasteiger partial charge on any atom is 0.261 e. The molecule has 31 heavy (non-hydrogen) atoms. The van der Waals surface area contributed by atoms with E-state index in [0.29, 0.717) is 40.7 Å². The van der Waals surface area contributed by atoms with Gasteiger partial charge in [-0.2, -0.15) is 0 Å². The van der Waals surface area contributed by atoms with Gasteiger partial charge in [-0.1, -0.05) is 23.2 Å². The van der Waals surface area contributed by atoms with Crippen molar-refractivity contribution in [3.63, 3.8) is 0 Å². The fourth-order valence-electron chi connectivity index (χ4n) is 3.53. The van der Waals surface area contributed by atoms with Crippen LogP contribution in [0, 0.1) is 5.82 Å². The van der Waals surface area contributed by atoms with Crippen LogP contribution in [0.3, 0.4) is 0 Å². The van der Waals surface area contributed by atoms with Crippen LogP contribution in [0.15, 0.2) is 65.6 Å². The summed E-state index contributed by atoms with van der Waals surface area (Å²) in [5.41, 5.74) is 2.01. The second kappa shape index (κ2) is 8.49. The third-order valence-electron chi connectivity index (χ3n) is 4.93. The van der Waals surface area contributed by atoms with Gasteiger partial charge in [0.05, 0.1) is 10.6 Å². The molecule has 0 saturated heterocycles. The zero-order valence-electron chi connectivity index (χ0n) is 16.1. The molecule has 5 nitrogen and oxygen atoms in total. The number of nitrogens with one attached hydrogen (secondary N) is 1. The highest BCUT2D eigenvalue weighted by molar-refractivity contribution is 7.92. The van der Waals surface area contributed by atoms with Gasteiger partial charge in [0.15, 0.2) is 0 Å². The van der Waals surface area contributed by atoms with Crippen LogP contribution < -0.4 is 9.62 Å². The molecule has 0 radical (unpaired) electrons. The van der Waals surface area contributed by atoms with Crippen LogP contribution in [0.2, 0.25) is 10.0 Å². The van der Waals surface area contributed by atoms with Gasteiger partial charge < -0.3 is 4.90 Å². The van der Waals surface area contributed by atoms with E-state index in [1.165, 1.54) is 48.5 Å². The minimum Gasteiger partial charge on any atom is -0.308 e. The Morgan fingerprint density at radius 3 is 2.32 bits per heavy atom. The number of hydrogen-bond donors (Lipinski definition) is 1. The number of nitrogens with zero attached hydrogens (tertiary/aromatic N) is 1. The van der Waals surface area contributed by atoms with Crippen molar-refractivity contribution in [2.45, 2.75) is 17.7 Å². The molecule has 3 aromatic carbocycles. The number of aryl methyl sites for hydroxylation is 1. The van der Waals surface area contributed by atoms with E-state index < -0.39 is 15.8 Å². The van der Waals surface area contributed by atoms with Crippen molar-refractivity contribution in [3.05, 3.63) is 87.7 Å². The second-order valence-corrected chi connectivity index (χ2v) is 9.68. The maximum absolute atomic E-state index is 13.2. The van der Waals surface area contributed by atoms with E-state index in [2.05, 4.69) is 4.72 Å². The summed E-state index contributed by atoms with van der Waals surface area (Å²) in [5.74, 6) is -0.679. The lowest BCUT2D eigenvalue weighted by Gasteiger charge is -2.30. The fourth-order valence-corrected chi connectivity index (χ4v) is 5.14. The highest BCUT2D eigenvalue weighted by Gasteiger charge is 2.26. The molecule has 1 heterocycles. The Bertz CT molecular complexity index is 1240. The van der Waals surface area contributed by atoms with Crippen molar-refractivity contribution in [3.8, 4) is 0 Å². The first kappa shape index (κ1) is 21.6. The van der Waals surface area contributed by atoms with Gasteiger partial charge in [-0.05, 0) is 79.1 Å². The Balaban J connectivity index is 1.63. The molecule has 0 aliphatic carbocycles. The number of sulfonamides is 1. The third-order valence-corrected chi connectivity index (χ3v) is 6.75. The van der Waals surface area contributed by atoms with Crippen LogP contribution in [0.5, 0.6) is 0 Å². The Labute approximate surface area is 189 Å². The zero-order chi connectivity index (χ0) is 22.2. The molecule has 0 unspecified atom stereocenters. The second-order valence-electron chi connectivity index (χ2n) is 7.12. The molecule has 1 aliphatic rings. The lowest BCUT2D eigenvalue weighted by Crippen LogP contribution is -2.35. The van der Waals surface area contributed by atoms with Gasteiger partial charge in [0.25, 0.3) is 15.9 Å². The third kappa shape index (κ3) is 4.69. The number of amides is 1. The Hall–Kier alpha value is -2.61. The summed E-state index contributed by atoms with van der Waals surface area (Å²) in [7, 11) is -3.89. The first-order chi connectivity index (χ1) is 14.7. The lowest BCUT2D eigenvalue weighted by molar-refractivity contribution is 0.0985. The minimum absolute atomic E-state index is 0.0680. The molecular weight excluding hydrogens is 462 g/mol. The van der Waals surface area contributed by atoms with E-state index in [4.69, 9.17) is 23.2 Å². The zero-order valence-corrected chi connectivity index (χ0v) is 18.4. The predicted molar refractivity (Wildman–Crippen MR) is 120 cm³/mol. The van der Waals surface area contributed by atoms with E-state index in [0.717, 1.165) is 5.56 Å². The number of carbonyl (C=O) groups excluding carboxylic acids is 1. The summed E-state index contributed by atoms with van der Waals surface area (Å²) < 4.78 is 41.4. The summed E-state index contributed by atoms with van der Waals surface area (Å²) in [6.45, 7) is 0.495. The molecular formula is C22H17Cl2FN2O3S. The van der Waals surface area contributed by atoms with Crippen molar-refractivity contribution in [2.75, 3.05) is 16.2 Å². The van der Waals surface area contributed by atoms with Crippen molar-refractivity contribution >= 4 is 50.5 Å². The normalized spacial score (nSPS) is 13.6. The van der Waals surface area contributed by atoms with Crippen LogP contribution >= 0.6 is 23.2 Å². The lowest BCUT2D eigenvalue weighted by atomic mass is 10.0. The minimum atomic E-state index is -3.89. The van der Waals surface area contributed by atoms with Gasteiger partial charge in [0.1, 0.15) is 5.82 Å². The van der Waals surface area contributed by atoms with E-state index in [1.807, 2.05) is 0 Å². The van der Waals surface area contributed by atoms with E-state index in [9.17, 15) is 17.6 Å². The van der Waals surface area contributed by atoms with Crippen molar-refractivity contribution in [1.82, 2.24) is 0 Å². The van der Waals surface area contributed by atoms with Gasteiger partial charge in [-0.15, -0.1) is 0 Å². The summed E-state index contributed by atoms with van der Waals surface area (Å²) in [6.07, 6.45) is 1.32. The summed E-state index contributed by atoms with van der Waals surface area (Å²) in [5, 5.41) is 0.621. The predicted octanol–water partition coefficient (Wildman–Crippen LogP) is 5.53. The maximum atomic E-state index is 13.2. The standard InChI is InChI=1S/C22H17Cl2FN2O3S/c23-16-11-17(24)13-19(12-16)26-31(29,30)20-7-8-21-15(10-20)2-1-9-27(21)22(28)14-3-5-18(25)6-4-14/h3-8,10-13,26H,1-2,9H2. The SMILES string of the molecule is O=C(c1ccc(F)cc1)N1CCCc2cc(S(=O)(=O)Nc3cc(Cl)cc(Cl)c3)ccc21. The van der Waals surface area contributed by atoms with Crippen LogP contribution in [0.1, 0.15) is 22.3 Å². The number of halogens is 3. The number of fused-ring (bicyclic) bond motifs is 1. The molecule has 0 atom stereocenters. The van der Waals surface area contributed by atoms with Gasteiger partial charge in [0.2, 0.25) is 0 Å². The Morgan fingerprint density at radius 1 is 0.968 bits per heavy atom. The van der Waals surface area contributed by atoms with Crippen molar-refractivity contribution < 1.29 is 17.6 Å². The number of rotatable bonds is 4. The van der Waals surface area contributed by atoms with E-state index in [-0.39, 0.29) is 16.5 Å². The van der Waals surface area contributed by atoms with Gasteiger partial charge >= 0.3 is 0 Å². The average Bonchev–Trinajstić information content (AvgIpc) is 2.72. The smallest absolute Gasteiger partial charge is 0.261 e. The topological polar surface area (TPSA) is 66.5 Å². The molecule has 0 saturated carbocycles. The van der Waals surface area contributed by atoms with Gasteiger partial charge in [-0.25, -0.2) is 12.8 Å². The highest BCUT2D eigenvalue weighted by Crippen LogP contribution is 2.32. The summed E-state index contributed by atoms with van der Waals surface area (Å²) >= 11 is 11.9. The molecule has 160 valence electrons. The Morgan fingerprint density at radius 2 is 1.65 bits per heavy atom. The first-order valence-corrected chi connectivity index (χ1v) is 11.7. The molecule has 0 fully saturated rings.